The monoisotopic (exact) mass is 631 g/mol. The maximum Gasteiger partial charge on any atom is 0.255 e. The second-order valence-electron chi connectivity index (χ2n) is 12.8. The SMILES string of the molecule is O=C1c2cc(-c3ccc(N4CCC(N5CCNCC5)CC4)cc3)ccc2CN1[C@@H](c1cc2ccccc2[nH]1)c1cc(Cl)ccc1O. The molecule has 3 aliphatic rings. The molecule has 5 aromatic rings. The van der Waals surface area contributed by atoms with Crippen LogP contribution in [0.15, 0.2) is 91.0 Å². The number of piperidine rings is 1. The molecule has 1 amide bonds. The Balaban J connectivity index is 1.03. The number of rotatable bonds is 6. The van der Waals surface area contributed by atoms with E-state index in [4.69, 9.17) is 11.6 Å². The first kappa shape index (κ1) is 29.1. The smallest absolute Gasteiger partial charge is 0.255 e. The summed E-state index contributed by atoms with van der Waals surface area (Å²) in [5.41, 5.74) is 7.43. The lowest BCUT2D eigenvalue weighted by Crippen LogP contribution is -2.52. The minimum absolute atomic E-state index is 0.0659. The standard InChI is InChI=1S/C38H38ClN5O2/c39-29-9-12-36(45)33(23-29)37(35-22-27-3-1-2-4-34(27)41-35)44-24-28-6-5-26(21-32(28)38(44)46)25-7-10-30(11-8-25)42-17-13-31(14-18-42)43-19-15-40-16-20-43/h1-12,21-23,31,37,40-41,45H,13-20,24H2/t37-/m1/s1. The van der Waals surface area contributed by atoms with Crippen LogP contribution in [0.1, 0.15) is 46.1 Å². The summed E-state index contributed by atoms with van der Waals surface area (Å²) in [6, 6.07) is 30.2. The number of phenols is 1. The average molecular weight is 632 g/mol. The second kappa shape index (κ2) is 12.1. The molecular weight excluding hydrogens is 594 g/mol. The number of nitrogens with zero attached hydrogens (tertiary/aromatic N) is 3. The van der Waals surface area contributed by atoms with Crippen LogP contribution in [-0.2, 0) is 6.54 Å². The molecule has 234 valence electrons. The number of nitrogens with one attached hydrogen (secondary N) is 2. The van der Waals surface area contributed by atoms with Crippen LogP contribution in [0.2, 0.25) is 5.02 Å². The molecule has 2 saturated heterocycles. The highest BCUT2D eigenvalue weighted by Crippen LogP contribution is 2.41. The quantitative estimate of drug-likeness (QED) is 0.192. The first-order valence-corrected chi connectivity index (χ1v) is 16.7. The van der Waals surface area contributed by atoms with Crippen molar-refractivity contribution in [1.29, 1.82) is 0 Å². The Bertz CT molecular complexity index is 1860. The summed E-state index contributed by atoms with van der Waals surface area (Å²) in [6.07, 6.45) is 2.41. The minimum Gasteiger partial charge on any atom is -0.508 e. The van der Waals surface area contributed by atoms with E-state index in [9.17, 15) is 9.90 Å². The van der Waals surface area contributed by atoms with Gasteiger partial charge in [-0.25, -0.2) is 0 Å². The lowest BCUT2D eigenvalue weighted by atomic mass is 9.99. The van der Waals surface area contributed by atoms with Crippen molar-refractivity contribution in [2.24, 2.45) is 0 Å². The number of amides is 1. The van der Waals surface area contributed by atoms with E-state index in [2.05, 4.69) is 62.6 Å². The molecule has 0 saturated carbocycles. The van der Waals surface area contributed by atoms with Gasteiger partial charge in [-0.05, 0) is 83.4 Å². The summed E-state index contributed by atoms with van der Waals surface area (Å²) < 4.78 is 0. The number of carbonyl (C=O) groups is 1. The Morgan fingerprint density at radius 3 is 2.37 bits per heavy atom. The second-order valence-corrected chi connectivity index (χ2v) is 13.2. The van der Waals surface area contributed by atoms with E-state index in [-0.39, 0.29) is 11.7 Å². The van der Waals surface area contributed by atoms with Crippen LogP contribution in [0, 0.1) is 0 Å². The number of halogens is 1. The maximum absolute atomic E-state index is 14.2. The summed E-state index contributed by atoms with van der Waals surface area (Å²) in [5, 5.41) is 16.0. The van der Waals surface area contributed by atoms with Gasteiger partial charge in [-0.15, -0.1) is 0 Å². The Labute approximate surface area is 274 Å². The fourth-order valence-electron chi connectivity index (χ4n) is 7.60. The predicted molar refractivity (Wildman–Crippen MR) is 185 cm³/mol. The molecule has 0 radical (unpaired) electrons. The summed E-state index contributed by atoms with van der Waals surface area (Å²) in [6.45, 7) is 7.12. The number of benzene rings is 4. The number of H-pyrrole nitrogens is 1. The van der Waals surface area contributed by atoms with Crippen molar-refractivity contribution in [3.8, 4) is 16.9 Å². The van der Waals surface area contributed by atoms with Gasteiger partial charge in [0.15, 0.2) is 0 Å². The Morgan fingerprint density at radius 1 is 0.826 bits per heavy atom. The van der Waals surface area contributed by atoms with Gasteiger partial charge in [-0.3, -0.25) is 9.69 Å². The van der Waals surface area contributed by atoms with E-state index in [0.29, 0.717) is 28.7 Å². The number of phenolic OH excluding ortho intramolecular Hbond substituents is 1. The number of carbonyl (C=O) groups excluding carboxylic acids is 1. The minimum atomic E-state index is -0.538. The highest BCUT2D eigenvalue weighted by Gasteiger charge is 2.37. The van der Waals surface area contributed by atoms with Crippen LogP contribution in [0.5, 0.6) is 5.75 Å². The summed E-state index contributed by atoms with van der Waals surface area (Å²) in [7, 11) is 0. The van der Waals surface area contributed by atoms with E-state index >= 15 is 0 Å². The molecule has 8 heteroatoms. The first-order valence-electron chi connectivity index (χ1n) is 16.3. The number of aromatic amines is 1. The van der Waals surface area contributed by atoms with E-state index in [1.54, 1.807) is 18.2 Å². The van der Waals surface area contributed by atoms with Gasteiger partial charge in [0, 0.05) is 84.9 Å². The fourth-order valence-corrected chi connectivity index (χ4v) is 7.78. The Kier molecular flexibility index (Phi) is 7.68. The molecule has 3 aliphatic heterocycles. The molecule has 7 nitrogen and oxygen atoms in total. The Morgan fingerprint density at radius 2 is 1.59 bits per heavy atom. The fraction of sp³-hybridized carbons (Fsp3) is 0.289. The summed E-state index contributed by atoms with van der Waals surface area (Å²) in [4.78, 5) is 24.7. The van der Waals surface area contributed by atoms with E-state index in [1.165, 1.54) is 18.5 Å². The van der Waals surface area contributed by atoms with Crippen LogP contribution in [0.4, 0.5) is 5.69 Å². The van der Waals surface area contributed by atoms with Gasteiger partial charge >= 0.3 is 0 Å². The molecule has 3 N–H and O–H groups in total. The number of hydrogen-bond acceptors (Lipinski definition) is 5. The van der Waals surface area contributed by atoms with E-state index in [1.807, 2.05) is 35.2 Å². The topological polar surface area (TPSA) is 74.8 Å². The summed E-state index contributed by atoms with van der Waals surface area (Å²) in [5.74, 6) is 0.0365. The molecule has 1 aromatic heterocycles. The van der Waals surface area contributed by atoms with Crippen molar-refractivity contribution in [3.63, 3.8) is 0 Å². The highest BCUT2D eigenvalue weighted by atomic mass is 35.5. The van der Waals surface area contributed by atoms with Gasteiger partial charge in [0.25, 0.3) is 5.91 Å². The molecule has 4 aromatic carbocycles. The molecule has 2 fully saturated rings. The number of anilines is 1. The lowest BCUT2D eigenvalue weighted by molar-refractivity contribution is 0.0727. The third-order valence-electron chi connectivity index (χ3n) is 10.1. The molecule has 46 heavy (non-hydrogen) atoms. The molecule has 0 spiro atoms. The molecule has 4 heterocycles. The van der Waals surface area contributed by atoms with Crippen molar-refractivity contribution in [1.82, 2.24) is 20.1 Å². The molecule has 0 bridgehead atoms. The van der Waals surface area contributed by atoms with E-state index < -0.39 is 6.04 Å². The van der Waals surface area contributed by atoms with Crippen molar-refractivity contribution in [3.05, 3.63) is 118 Å². The Hall–Kier alpha value is -4.30. The van der Waals surface area contributed by atoms with Crippen LogP contribution in [0.25, 0.3) is 22.0 Å². The van der Waals surface area contributed by atoms with Crippen LogP contribution < -0.4 is 10.2 Å². The van der Waals surface area contributed by atoms with Gasteiger partial charge < -0.3 is 25.2 Å². The maximum atomic E-state index is 14.2. The van der Waals surface area contributed by atoms with Crippen LogP contribution >= 0.6 is 11.6 Å². The molecule has 1 atom stereocenters. The number of hydrogen-bond donors (Lipinski definition) is 3. The number of aromatic nitrogens is 1. The van der Waals surface area contributed by atoms with Crippen LogP contribution in [0.3, 0.4) is 0 Å². The van der Waals surface area contributed by atoms with Crippen molar-refractivity contribution in [2.75, 3.05) is 44.2 Å². The first-order chi connectivity index (χ1) is 22.5. The summed E-state index contributed by atoms with van der Waals surface area (Å²) >= 11 is 6.42. The normalized spacial score (nSPS) is 18.3. The van der Waals surface area contributed by atoms with Gasteiger partial charge in [0.05, 0.1) is 0 Å². The lowest BCUT2D eigenvalue weighted by Gasteiger charge is -2.41. The number of fused-ring (bicyclic) bond motifs is 2. The highest BCUT2D eigenvalue weighted by molar-refractivity contribution is 6.30. The number of aromatic hydroxyl groups is 1. The third kappa shape index (κ3) is 5.42. The van der Waals surface area contributed by atoms with Gasteiger partial charge in [-0.1, -0.05) is 54.1 Å². The average Bonchev–Trinajstić information content (AvgIpc) is 3.67. The zero-order chi connectivity index (χ0) is 31.2. The molecular formula is C38H38ClN5O2. The van der Waals surface area contributed by atoms with Gasteiger partial charge in [0.1, 0.15) is 11.8 Å². The van der Waals surface area contributed by atoms with Gasteiger partial charge in [0.2, 0.25) is 0 Å². The van der Waals surface area contributed by atoms with E-state index in [0.717, 1.165) is 72.6 Å². The zero-order valence-corrected chi connectivity index (χ0v) is 26.5. The van der Waals surface area contributed by atoms with Crippen molar-refractivity contribution >= 4 is 34.1 Å². The largest absolute Gasteiger partial charge is 0.508 e. The van der Waals surface area contributed by atoms with Crippen molar-refractivity contribution < 1.29 is 9.90 Å². The molecule has 8 rings (SSSR count). The molecule has 0 aliphatic carbocycles. The molecule has 0 unspecified atom stereocenters. The van der Waals surface area contributed by atoms with Gasteiger partial charge in [-0.2, -0.15) is 0 Å². The number of piperazine rings is 1. The zero-order valence-electron chi connectivity index (χ0n) is 25.8. The number of para-hydroxylation sites is 1. The third-order valence-corrected chi connectivity index (χ3v) is 10.3. The van der Waals surface area contributed by atoms with Crippen LogP contribution in [-0.4, -0.2) is 71.1 Å². The van der Waals surface area contributed by atoms with Crippen molar-refractivity contribution in [2.45, 2.75) is 31.5 Å². The predicted octanol–water partition coefficient (Wildman–Crippen LogP) is 6.81.